The number of aromatic nitrogens is 1. The second kappa shape index (κ2) is 8.31. The minimum atomic E-state index is -1.31. The Morgan fingerprint density at radius 3 is 2.72 bits per heavy atom. The van der Waals surface area contributed by atoms with Gasteiger partial charge in [0.25, 0.3) is 0 Å². The normalized spacial score (nSPS) is 12.9. The molecule has 0 aliphatic rings. The van der Waals surface area contributed by atoms with Crippen LogP contribution in [0.15, 0.2) is 40.4 Å². The maximum Gasteiger partial charge on any atom is 0.152 e. The summed E-state index contributed by atoms with van der Waals surface area (Å²) in [5, 5.41) is 0.513. The summed E-state index contributed by atoms with van der Waals surface area (Å²) >= 11 is -0.0850. The van der Waals surface area contributed by atoms with E-state index in [2.05, 4.69) is 9.71 Å². The fraction of sp³-hybridized carbons (Fsp3) is 0.333. The van der Waals surface area contributed by atoms with Gasteiger partial charge in [0.15, 0.2) is 6.29 Å². The van der Waals surface area contributed by atoms with Crippen molar-refractivity contribution in [3.8, 4) is 0 Å². The van der Waals surface area contributed by atoms with E-state index in [1.54, 1.807) is 37.4 Å². The lowest BCUT2D eigenvalue weighted by Crippen LogP contribution is -2.39. The number of hydrogen-bond acceptors (Lipinski definition) is 5. The first-order chi connectivity index (χ1) is 11.7. The molecule has 4 nitrogen and oxygen atoms in total. The van der Waals surface area contributed by atoms with Crippen molar-refractivity contribution in [1.82, 2.24) is 9.71 Å². The van der Waals surface area contributed by atoms with E-state index in [-0.39, 0.29) is 12.4 Å². The van der Waals surface area contributed by atoms with Crippen LogP contribution in [0.2, 0.25) is 0 Å². The average molecular weight is 381 g/mol. The van der Waals surface area contributed by atoms with Crippen molar-refractivity contribution in [2.75, 3.05) is 0 Å². The maximum atomic E-state index is 14.7. The van der Waals surface area contributed by atoms with Crippen LogP contribution in [0.4, 0.5) is 4.39 Å². The number of carbonyl (C=O) groups excluding carboxylic acids is 1. The van der Waals surface area contributed by atoms with E-state index in [1.165, 1.54) is 11.8 Å². The van der Waals surface area contributed by atoms with E-state index >= 15 is 0 Å². The maximum absolute atomic E-state index is 14.7. The highest BCUT2D eigenvalue weighted by Crippen LogP contribution is 2.33. The number of nitrogens with one attached hydrogen (secondary N) is 1. The molecule has 2 aromatic rings. The van der Waals surface area contributed by atoms with Gasteiger partial charge in [-0.15, -0.1) is 4.72 Å². The fourth-order valence-corrected chi connectivity index (χ4v) is 3.70. The molecule has 1 aromatic heterocycles. The number of pyridine rings is 1. The largest absolute Gasteiger partial charge is 0.598 e. The number of benzene rings is 1. The summed E-state index contributed by atoms with van der Waals surface area (Å²) < 4.78 is 29.3. The molecule has 0 saturated carbocycles. The molecule has 0 fully saturated rings. The highest BCUT2D eigenvalue weighted by molar-refractivity contribution is 7.99. The number of hydrogen-bond donors (Lipinski definition) is 1. The highest BCUT2D eigenvalue weighted by Gasteiger charge is 2.27. The van der Waals surface area contributed by atoms with Crippen LogP contribution in [0.3, 0.4) is 0 Å². The molecule has 1 N–H and O–H groups in total. The predicted octanol–water partition coefficient (Wildman–Crippen LogP) is 4.04. The van der Waals surface area contributed by atoms with Crippen molar-refractivity contribution in [1.29, 1.82) is 0 Å². The third-order valence-corrected chi connectivity index (χ3v) is 6.12. The number of nitrogens with zero attached hydrogens (tertiary/aromatic N) is 1. The third kappa shape index (κ3) is 5.04. The monoisotopic (exact) mass is 380 g/mol. The minimum absolute atomic E-state index is 0.128. The topological polar surface area (TPSA) is 65.0 Å². The lowest BCUT2D eigenvalue weighted by atomic mass is 10.1. The van der Waals surface area contributed by atoms with Gasteiger partial charge >= 0.3 is 0 Å². The predicted molar refractivity (Wildman–Crippen MR) is 99.6 cm³/mol. The van der Waals surface area contributed by atoms with Gasteiger partial charge in [-0.2, -0.15) is 0 Å². The fourth-order valence-electron chi connectivity index (χ4n) is 2.02. The number of carbonyl (C=O) groups is 1. The summed E-state index contributed by atoms with van der Waals surface area (Å²) in [6.45, 7) is 7.36. The van der Waals surface area contributed by atoms with Crippen LogP contribution in [-0.4, -0.2) is 20.6 Å². The molecule has 1 atom stereocenters. The summed E-state index contributed by atoms with van der Waals surface area (Å²) in [4.78, 5) is 16.0. The second-order valence-corrected chi connectivity index (χ2v) is 9.57. The Labute approximate surface area is 154 Å². The van der Waals surface area contributed by atoms with Gasteiger partial charge in [0, 0.05) is 33.6 Å². The van der Waals surface area contributed by atoms with Crippen LogP contribution in [-0.2, 0) is 17.9 Å². The Balaban J connectivity index is 2.32. The third-order valence-electron chi connectivity index (χ3n) is 3.46. The standard InChI is InChI=1S/C18H21FN2O2S2/c1-12-7-8-15(24-17-13(11-22)6-5-9-20-17)14(16(12)19)10-21-25(23)18(2,3)4/h5-9,11,21H,10H2,1-4H3. The van der Waals surface area contributed by atoms with Gasteiger partial charge in [-0.25, -0.2) is 9.37 Å². The van der Waals surface area contributed by atoms with Crippen LogP contribution >= 0.6 is 11.8 Å². The number of aryl methyl sites for hydroxylation is 1. The molecule has 0 aliphatic heterocycles. The summed E-state index contributed by atoms with van der Waals surface area (Å²) in [5.74, 6) is -0.341. The molecule has 1 unspecified atom stereocenters. The van der Waals surface area contributed by atoms with Crippen LogP contribution in [0, 0.1) is 12.7 Å². The molecule has 0 saturated heterocycles. The Bertz CT molecular complexity index is 763. The molecular formula is C18H21FN2O2S2. The molecule has 0 amide bonds. The van der Waals surface area contributed by atoms with Crippen molar-refractivity contribution >= 4 is 29.4 Å². The van der Waals surface area contributed by atoms with Crippen molar-refractivity contribution in [3.05, 3.63) is 53.0 Å². The van der Waals surface area contributed by atoms with Gasteiger partial charge < -0.3 is 4.55 Å². The van der Waals surface area contributed by atoms with Crippen molar-refractivity contribution in [2.45, 2.75) is 48.9 Å². The molecule has 0 bridgehead atoms. The summed E-state index contributed by atoms with van der Waals surface area (Å²) in [6.07, 6.45) is 2.32. The van der Waals surface area contributed by atoms with E-state index in [0.717, 1.165) is 6.29 Å². The first kappa shape index (κ1) is 19.9. The molecule has 1 aromatic carbocycles. The lowest BCUT2D eigenvalue weighted by Gasteiger charge is -2.24. The van der Waals surface area contributed by atoms with Crippen LogP contribution < -0.4 is 4.72 Å². The number of aldehydes is 1. The molecule has 0 radical (unpaired) electrons. The summed E-state index contributed by atoms with van der Waals surface area (Å²) in [7, 11) is 0. The summed E-state index contributed by atoms with van der Waals surface area (Å²) in [6, 6.07) is 6.83. The molecule has 1 heterocycles. The van der Waals surface area contributed by atoms with Crippen molar-refractivity contribution < 1.29 is 13.7 Å². The zero-order valence-electron chi connectivity index (χ0n) is 14.6. The first-order valence-electron chi connectivity index (χ1n) is 7.75. The van der Waals surface area contributed by atoms with Gasteiger partial charge in [0.1, 0.15) is 15.6 Å². The smallest absolute Gasteiger partial charge is 0.152 e. The highest BCUT2D eigenvalue weighted by atomic mass is 32.2. The second-order valence-electron chi connectivity index (χ2n) is 6.49. The first-order valence-corrected chi connectivity index (χ1v) is 9.72. The van der Waals surface area contributed by atoms with E-state index in [1.807, 2.05) is 20.8 Å². The summed E-state index contributed by atoms with van der Waals surface area (Å²) in [5.41, 5.74) is 1.38. The molecule has 25 heavy (non-hydrogen) atoms. The molecule has 134 valence electrons. The van der Waals surface area contributed by atoms with E-state index < -0.39 is 16.1 Å². The van der Waals surface area contributed by atoms with Crippen LogP contribution in [0.1, 0.15) is 42.3 Å². The average Bonchev–Trinajstić information content (AvgIpc) is 2.57. The van der Waals surface area contributed by atoms with Gasteiger partial charge in [0.2, 0.25) is 0 Å². The van der Waals surface area contributed by atoms with Crippen molar-refractivity contribution in [3.63, 3.8) is 0 Å². The number of rotatable bonds is 6. The minimum Gasteiger partial charge on any atom is -0.598 e. The van der Waals surface area contributed by atoms with E-state index in [0.29, 0.717) is 26.6 Å². The molecular weight excluding hydrogens is 359 g/mol. The van der Waals surface area contributed by atoms with E-state index in [4.69, 9.17) is 0 Å². The Kier molecular flexibility index (Phi) is 6.62. The van der Waals surface area contributed by atoms with Crippen LogP contribution in [0.25, 0.3) is 0 Å². The van der Waals surface area contributed by atoms with Crippen molar-refractivity contribution in [2.24, 2.45) is 0 Å². The van der Waals surface area contributed by atoms with Crippen LogP contribution in [0.5, 0.6) is 0 Å². The zero-order valence-corrected chi connectivity index (χ0v) is 16.3. The molecule has 0 aliphatic carbocycles. The van der Waals surface area contributed by atoms with Gasteiger partial charge in [-0.1, -0.05) is 17.8 Å². The number of halogens is 1. The molecule has 7 heteroatoms. The molecule has 0 spiro atoms. The lowest BCUT2D eigenvalue weighted by molar-refractivity contribution is 0.112. The van der Waals surface area contributed by atoms with E-state index in [9.17, 15) is 13.7 Å². The zero-order chi connectivity index (χ0) is 18.6. The van der Waals surface area contributed by atoms with Gasteiger partial charge in [-0.05, 0) is 51.5 Å². The quantitative estimate of drug-likeness (QED) is 0.605. The van der Waals surface area contributed by atoms with Gasteiger partial charge in [-0.3, -0.25) is 4.79 Å². The Morgan fingerprint density at radius 2 is 2.08 bits per heavy atom. The Morgan fingerprint density at radius 1 is 1.36 bits per heavy atom. The Hall–Kier alpha value is -1.41. The van der Waals surface area contributed by atoms with Gasteiger partial charge in [0.05, 0.1) is 6.54 Å². The SMILES string of the molecule is Cc1ccc(Sc2ncccc2C=O)c(CN[S+]([O-])C(C)(C)C)c1F. The molecule has 2 rings (SSSR count).